The maximum absolute atomic E-state index is 10.9. The number of anilines is 1. The van der Waals surface area contributed by atoms with Gasteiger partial charge in [-0.05, 0) is 91.4 Å². The largest absolute Gasteiger partial charge is 0.506 e. The molecule has 0 unspecified atom stereocenters. The minimum atomic E-state index is -0.0851. The number of nitrogens with zero attached hydrogens (tertiary/aromatic N) is 1. The van der Waals surface area contributed by atoms with Gasteiger partial charge < -0.3 is 10.4 Å². The molecule has 1 saturated heterocycles. The van der Waals surface area contributed by atoms with Crippen molar-refractivity contribution < 1.29 is 5.11 Å². The average molecular weight is 484 g/mol. The van der Waals surface area contributed by atoms with Crippen LogP contribution in [0.2, 0.25) is 0 Å². The molecule has 142 valence electrons. The molecule has 2 heterocycles. The number of hydrogen-bond acceptors (Lipinski definition) is 3. The highest BCUT2D eigenvalue weighted by atomic mass is 79.9. The number of phenolic OH excluding ortho intramolecular Hbond substituents is 1. The van der Waals surface area contributed by atoms with Crippen molar-refractivity contribution in [2.75, 3.05) is 18.9 Å². The van der Waals surface area contributed by atoms with Gasteiger partial charge in [0.1, 0.15) is 5.75 Å². The summed E-state index contributed by atoms with van der Waals surface area (Å²) in [5.41, 5.74) is 4.81. The lowest BCUT2D eigenvalue weighted by atomic mass is 9.75. The van der Waals surface area contributed by atoms with Gasteiger partial charge in [-0.2, -0.15) is 0 Å². The number of hydrogen-bond donors (Lipinski definition) is 2. The number of phenols is 1. The smallest absolute Gasteiger partial charge is 0.135 e. The van der Waals surface area contributed by atoms with E-state index in [-0.39, 0.29) is 11.6 Å². The molecular formula is C21H28Br2N2O. The van der Waals surface area contributed by atoms with Gasteiger partial charge in [0.25, 0.3) is 0 Å². The molecule has 0 saturated carbocycles. The zero-order valence-corrected chi connectivity index (χ0v) is 19.2. The summed E-state index contributed by atoms with van der Waals surface area (Å²) in [6.45, 7) is 7.56. The molecule has 0 aromatic heterocycles. The van der Waals surface area contributed by atoms with Crippen molar-refractivity contribution in [1.29, 1.82) is 0 Å². The third-order valence-corrected chi connectivity index (χ3v) is 7.00. The van der Waals surface area contributed by atoms with Gasteiger partial charge in [-0.1, -0.05) is 23.3 Å². The number of allylic oxidation sites excluding steroid dienone is 4. The molecule has 0 amide bonds. The molecule has 0 spiro atoms. The molecule has 3 rings (SSSR count). The molecule has 0 bridgehead atoms. The monoisotopic (exact) mass is 482 g/mol. The molecule has 1 aromatic carbocycles. The van der Waals surface area contributed by atoms with Crippen LogP contribution in [0.5, 0.6) is 5.75 Å². The van der Waals surface area contributed by atoms with Crippen molar-refractivity contribution in [3.8, 4) is 5.75 Å². The van der Waals surface area contributed by atoms with Crippen molar-refractivity contribution in [2.24, 2.45) is 0 Å². The Morgan fingerprint density at radius 1 is 1.31 bits per heavy atom. The molecule has 2 N–H and O–H groups in total. The normalized spacial score (nSPS) is 25.0. The average Bonchev–Trinajstić information content (AvgIpc) is 3.06. The first kappa shape index (κ1) is 20.0. The highest BCUT2D eigenvalue weighted by molar-refractivity contribution is 9.11. The lowest BCUT2D eigenvalue weighted by Gasteiger charge is -2.31. The Hall–Kier alpha value is -0.780. The second-order valence-electron chi connectivity index (χ2n) is 7.95. The van der Waals surface area contributed by atoms with Crippen LogP contribution in [0.15, 0.2) is 38.3 Å². The Balaban J connectivity index is 1.93. The number of likely N-dealkylation sites (tertiary alicyclic amines) is 1. The molecule has 5 heteroatoms. The maximum atomic E-state index is 10.9. The highest BCUT2D eigenvalue weighted by Crippen LogP contribution is 2.57. The van der Waals surface area contributed by atoms with Crippen LogP contribution in [0.4, 0.5) is 5.69 Å². The predicted molar refractivity (Wildman–Crippen MR) is 117 cm³/mol. The maximum Gasteiger partial charge on any atom is 0.135 e. The number of fused-ring (bicyclic) bond motifs is 3. The molecule has 2 atom stereocenters. The zero-order valence-electron chi connectivity index (χ0n) is 16.0. The van der Waals surface area contributed by atoms with Gasteiger partial charge in [-0.15, -0.1) is 0 Å². The van der Waals surface area contributed by atoms with E-state index >= 15 is 0 Å². The van der Waals surface area contributed by atoms with Gasteiger partial charge in [-0.3, -0.25) is 4.90 Å². The second-order valence-corrected chi connectivity index (χ2v) is 9.66. The molecule has 26 heavy (non-hydrogen) atoms. The first-order chi connectivity index (χ1) is 12.3. The van der Waals surface area contributed by atoms with E-state index < -0.39 is 0 Å². The van der Waals surface area contributed by atoms with E-state index in [0.29, 0.717) is 5.75 Å². The molecule has 0 aliphatic carbocycles. The van der Waals surface area contributed by atoms with E-state index in [1.165, 1.54) is 11.1 Å². The Bertz CT molecular complexity index is 768. The van der Waals surface area contributed by atoms with Crippen LogP contribution < -0.4 is 5.32 Å². The third kappa shape index (κ3) is 3.50. The van der Waals surface area contributed by atoms with Crippen LogP contribution in [0.3, 0.4) is 0 Å². The fourth-order valence-electron chi connectivity index (χ4n) is 4.31. The van der Waals surface area contributed by atoms with Crippen molar-refractivity contribution in [3.05, 3.63) is 43.9 Å². The number of rotatable bonds is 5. The zero-order chi connectivity index (χ0) is 19.1. The van der Waals surface area contributed by atoms with E-state index in [1.807, 2.05) is 6.07 Å². The summed E-state index contributed by atoms with van der Waals surface area (Å²) in [6, 6.07) is 1.93. The van der Waals surface area contributed by atoms with Gasteiger partial charge in [0.2, 0.25) is 0 Å². The van der Waals surface area contributed by atoms with Gasteiger partial charge in [-0.25, -0.2) is 0 Å². The topological polar surface area (TPSA) is 35.5 Å². The first-order valence-electron chi connectivity index (χ1n) is 9.23. The molecule has 3 nitrogen and oxygen atoms in total. The van der Waals surface area contributed by atoms with Crippen molar-refractivity contribution in [1.82, 2.24) is 4.90 Å². The Kier molecular flexibility index (Phi) is 5.90. The van der Waals surface area contributed by atoms with E-state index in [2.05, 4.69) is 82.0 Å². The summed E-state index contributed by atoms with van der Waals surface area (Å²) in [6.07, 6.45) is 9.08. The van der Waals surface area contributed by atoms with Gasteiger partial charge in [0.05, 0.1) is 16.3 Å². The summed E-state index contributed by atoms with van der Waals surface area (Å²) in [5.74, 6) is 0.379. The minimum Gasteiger partial charge on any atom is -0.506 e. The lowest BCUT2D eigenvalue weighted by molar-refractivity contribution is 0.282. The summed E-state index contributed by atoms with van der Waals surface area (Å²) in [5, 5.41) is 14.5. The van der Waals surface area contributed by atoms with Crippen LogP contribution >= 0.6 is 31.9 Å². The number of likely N-dealkylation sites (N-methyl/N-ethyl adjacent to an activating group) is 1. The summed E-state index contributed by atoms with van der Waals surface area (Å²) in [7, 11) is 2.16. The van der Waals surface area contributed by atoms with Crippen molar-refractivity contribution in [3.63, 3.8) is 0 Å². The van der Waals surface area contributed by atoms with Crippen LogP contribution in [-0.4, -0.2) is 29.8 Å². The van der Waals surface area contributed by atoms with Gasteiger partial charge in [0, 0.05) is 22.0 Å². The second kappa shape index (κ2) is 7.69. The van der Waals surface area contributed by atoms with Crippen molar-refractivity contribution >= 4 is 37.5 Å². The quantitative estimate of drug-likeness (QED) is 0.480. The minimum absolute atomic E-state index is 0.0851. The highest BCUT2D eigenvalue weighted by Gasteiger charge is 2.54. The van der Waals surface area contributed by atoms with Gasteiger partial charge >= 0.3 is 0 Å². The summed E-state index contributed by atoms with van der Waals surface area (Å²) >= 11 is 7.19. The van der Waals surface area contributed by atoms with Gasteiger partial charge in [0.15, 0.2) is 0 Å². The Morgan fingerprint density at radius 3 is 2.73 bits per heavy atom. The van der Waals surface area contributed by atoms with Crippen molar-refractivity contribution in [2.45, 2.75) is 58.0 Å². The third-order valence-electron chi connectivity index (χ3n) is 5.77. The Morgan fingerprint density at radius 2 is 2.04 bits per heavy atom. The summed E-state index contributed by atoms with van der Waals surface area (Å²) in [4.78, 5) is 2.37. The number of aromatic hydroxyl groups is 1. The SMILES string of the molecule is CC(C)=CCC/C(C)=C/C[C@@]12CCN(C)[C@@H]1Nc1c(Br)cc(Br)c(O)c12. The summed E-state index contributed by atoms with van der Waals surface area (Å²) < 4.78 is 1.76. The van der Waals surface area contributed by atoms with Crippen LogP contribution in [0, 0.1) is 0 Å². The van der Waals surface area contributed by atoms with Crippen LogP contribution in [0.25, 0.3) is 0 Å². The molecule has 1 aromatic rings. The predicted octanol–water partition coefficient (Wildman–Crippen LogP) is 6.32. The van der Waals surface area contributed by atoms with E-state index in [9.17, 15) is 5.11 Å². The number of nitrogens with one attached hydrogen (secondary N) is 1. The molecule has 2 aliphatic rings. The molecular weight excluding hydrogens is 456 g/mol. The lowest BCUT2D eigenvalue weighted by Crippen LogP contribution is -2.41. The van der Waals surface area contributed by atoms with Crippen LogP contribution in [0.1, 0.15) is 52.0 Å². The van der Waals surface area contributed by atoms with E-state index in [4.69, 9.17) is 0 Å². The molecule has 0 radical (unpaired) electrons. The number of benzene rings is 1. The molecule has 2 aliphatic heterocycles. The van der Waals surface area contributed by atoms with E-state index in [1.54, 1.807) is 0 Å². The van der Waals surface area contributed by atoms with Crippen LogP contribution in [-0.2, 0) is 5.41 Å². The number of halogens is 2. The standard InChI is InChI=1S/C21H28Br2N2O/c1-13(2)6-5-7-14(3)8-9-21-10-11-25(4)20(21)24-18-15(22)12-16(23)19(26)17(18)21/h6,8,12,20,24,26H,5,7,9-11H2,1-4H3/b14-8+/t20-,21-/m0/s1. The van der Waals surface area contributed by atoms with E-state index in [0.717, 1.165) is 52.4 Å². The fourth-order valence-corrected chi connectivity index (χ4v) is 5.58. The Labute approximate surface area is 173 Å². The fraction of sp³-hybridized carbons (Fsp3) is 0.524. The molecule has 1 fully saturated rings. The first-order valence-corrected chi connectivity index (χ1v) is 10.8.